The van der Waals surface area contributed by atoms with E-state index < -0.39 is 0 Å². The van der Waals surface area contributed by atoms with Crippen LogP contribution in [-0.2, 0) is 6.54 Å². The molecule has 0 saturated carbocycles. The van der Waals surface area contributed by atoms with Crippen LogP contribution in [-0.4, -0.2) is 29.7 Å². The third kappa shape index (κ3) is 1.84. The van der Waals surface area contributed by atoms with E-state index in [9.17, 15) is 0 Å². The van der Waals surface area contributed by atoms with Gasteiger partial charge in [0.25, 0.3) is 0 Å². The third-order valence-electron chi connectivity index (χ3n) is 3.34. The molecule has 3 nitrogen and oxygen atoms in total. The van der Waals surface area contributed by atoms with Gasteiger partial charge in [0.15, 0.2) is 0 Å². The van der Waals surface area contributed by atoms with Gasteiger partial charge in [-0.15, -0.1) is 0 Å². The smallest absolute Gasteiger partial charge is 0.0558 e. The highest BCUT2D eigenvalue weighted by Crippen LogP contribution is 2.36. The average Bonchev–Trinajstić information content (AvgIpc) is 2.62. The van der Waals surface area contributed by atoms with Crippen molar-refractivity contribution in [3.8, 4) is 0 Å². The van der Waals surface area contributed by atoms with Gasteiger partial charge in [0.2, 0.25) is 0 Å². The van der Waals surface area contributed by atoms with E-state index in [0.717, 1.165) is 17.1 Å². The summed E-state index contributed by atoms with van der Waals surface area (Å²) in [4.78, 5) is 2.20. The number of β-amino-alcohol motifs (C(OH)–C–C–N with tert-alkyl or cyclic N) is 1. The number of aliphatic hydroxyl groups excluding tert-OH is 1. The SMILES string of the molecule is Cc1c(Cl)ccc2c1CN(CCO)C2CN. The van der Waals surface area contributed by atoms with Crippen LogP contribution in [0.25, 0.3) is 0 Å². The standard InChI is InChI=1S/C12H17ClN2O/c1-8-10-7-15(4-5-16)12(6-14)9(10)2-3-11(8)13/h2-3,12,16H,4-7,14H2,1H3. The van der Waals surface area contributed by atoms with Crippen LogP contribution in [0.15, 0.2) is 12.1 Å². The van der Waals surface area contributed by atoms with Crippen molar-refractivity contribution in [1.29, 1.82) is 0 Å². The Morgan fingerprint density at radius 2 is 2.31 bits per heavy atom. The van der Waals surface area contributed by atoms with Gasteiger partial charge in [-0.1, -0.05) is 17.7 Å². The van der Waals surface area contributed by atoms with Crippen LogP contribution in [0.2, 0.25) is 5.02 Å². The highest BCUT2D eigenvalue weighted by molar-refractivity contribution is 6.31. The van der Waals surface area contributed by atoms with Gasteiger partial charge >= 0.3 is 0 Å². The second kappa shape index (κ2) is 4.72. The van der Waals surface area contributed by atoms with Crippen molar-refractivity contribution >= 4 is 11.6 Å². The normalized spacial score (nSPS) is 20.1. The van der Waals surface area contributed by atoms with Crippen molar-refractivity contribution in [3.63, 3.8) is 0 Å². The van der Waals surface area contributed by atoms with Crippen LogP contribution in [0.4, 0.5) is 0 Å². The molecule has 1 atom stereocenters. The summed E-state index contributed by atoms with van der Waals surface area (Å²) in [6.45, 7) is 4.28. The lowest BCUT2D eigenvalue weighted by molar-refractivity contribution is 0.164. The summed E-state index contributed by atoms with van der Waals surface area (Å²) in [6, 6.07) is 4.21. The Balaban J connectivity index is 2.38. The molecule has 1 aromatic rings. The van der Waals surface area contributed by atoms with E-state index in [-0.39, 0.29) is 12.6 Å². The molecule has 0 amide bonds. The fourth-order valence-electron chi connectivity index (χ4n) is 2.42. The molecule has 0 bridgehead atoms. The molecule has 88 valence electrons. The molecule has 1 aliphatic heterocycles. The zero-order chi connectivity index (χ0) is 11.7. The van der Waals surface area contributed by atoms with Crippen LogP contribution < -0.4 is 5.73 Å². The van der Waals surface area contributed by atoms with Crippen LogP contribution >= 0.6 is 11.6 Å². The number of hydrogen-bond acceptors (Lipinski definition) is 3. The monoisotopic (exact) mass is 240 g/mol. The first kappa shape index (κ1) is 11.9. The molecule has 1 aromatic carbocycles. The molecule has 1 unspecified atom stereocenters. The minimum atomic E-state index is 0.164. The highest BCUT2D eigenvalue weighted by atomic mass is 35.5. The Morgan fingerprint density at radius 1 is 1.56 bits per heavy atom. The van der Waals surface area contributed by atoms with Crippen molar-refractivity contribution in [2.24, 2.45) is 5.73 Å². The first-order valence-electron chi connectivity index (χ1n) is 5.52. The number of aliphatic hydroxyl groups is 1. The maximum Gasteiger partial charge on any atom is 0.0558 e. The maximum absolute atomic E-state index is 9.03. The zero-order valence-corrected chi connectivity index (χ0v) is 10.2. The number of halogens is 1. The average molecular weight is 241 g/mol. The number of benzene rings is 1. The molecule has 16 heavy (non-hydrogen) atoms. The van der Waals surface area contributed by atoms with Crippen LogP contribution in [0.3, 0.4) is 0 Å². The molecule has 3 N–H and O–H groups in total. The Bertz CT molecular complexity index is 395. The van der Waals surface area contributed by atoms with Crippen LogP contribution in [0.5, 0.6) is 0 Å². The van der Waals surface area contributed by atoms with Gasteiger partial charge in [-0.25, -0.2) is 0 Å². The van der Waals surface area contributed by atoms with E-state index in [4.69, 9.17) is 22.4 Å². The molecule has 0 aromatic heterocycles. The topological polar surface area (TPSA) is 49.5 Å². The molecule has 4 heteroatoms. The summed E-state index contributed by atoms with van der Waals surface area (Å²) in [6.07, 6.45) is 0. The lowest BCUT2D eigenvalue weighted by Gasteiger charge is -2.22. The number of hydrogen-bond donors (Lipinski definition) is 2. The fraction of sp³-hybridized carbons (Fsp3) is 0.500. The van der Waals surface area contributed by atoms with E-state index >= 15 is 0 Å². The molecule has 0 spiro atoms. The first-order chi connectivity index (χ1) is 7.69. The Hall–Kier alpha value is -0.610. The lowest BCUT2D eigenvalue weighted by atomic mass is 10.0. The molecule has 0 aliphatic carbocycles. The van der Waals surface area contributed by atoms with Crippen molar-refractivity contribution in [1.82, 2.24) is 4.90 Å². The molecule has 2 rings (SSSR count). The second-order valence-electron chi connectivity index (χ2n) is 4.19. The third-order valence-corrected chi connectivity index (χ3v) is 3.75. The molecular weight excluding hydrogens is 224 g/mol. The van der Waals surface area contributed by atoms with E-state index in [1.165, 1.54) is 11.1 Å². The Morgan fingerprint density at radius 3 is 2.94 bits per heavy atom. The molecule has 0 fully saturated rings. The van der Waals surface area contributed by atoms with Gasteiger partial charge in [-0.2, -0.15) is 0 Å². The summed E-state index contributed by atoms with van der Waals surface area (Å²) in [7, 11) is 0. The van der Waals surface area contributed by atoms with Crippen LogP contribution in [0, 0.1) is 6.92 Å². The molecule has 0 radical (unpaired) electrons. The van der Waals surface area contributed by atoms with E-state index in [0.29, 0.717) is 13.1 Å². The fourth-order valence-corrected chi connectivity index (χ4v) is 2.60. The van der Waals surface area contributed by atoms with Gasteiger partial charge in [0.05, 0.1) is 6.61 Å². The summed E-state index contributed by atoms with van der Waals surface area (Å²) in [5, 5.41) is 9.84. The highest BCUT2D eigenvalue weighted by Gasteiger charge is 2.30. The lowest BCUT2D eigenvalue weighted by Crippen LogP contribution is -2.30. The number of fused-ring (bicyclic) bond motifs is 1. The number of rotatable bonds is 3. The van der Waals surface area contributed by atoms with E-state index in [1.54, 1.807) is 0 Å². The largest absolute Gasteiger partial charge is 0.395 e. The van der Waals surface area contributed by atoms with Crippen molar-refractivity contribution < 1.29 is 5.11 Å². The van der Waals surface area contributed by atoms with Crippen LogP contribution in [0.1, 0.15) is 22.7 Å². The van der Waals surface area contributed by atoms with Gasteiger partial charge < -0.3 is 10.8 Å². The quantitative estimate of drug-likeness (QED) is 0.841. The predicted octanol–water partition coefficient (Wildman–Crippen LogP) is 1.46. The minimum Gasteiger partial charge on any atom is -0.395 e. The molecule has 0 saturated heterocycles. The first-order valence-corrected chi connectivity index (χ1v) is 5.89. The maximum atomic E-state index is 9.03. The predicted molar refractivity (Wildman–Crippen MR) is 65.5 cm³/mol. The second-order valence-corrected chi connectivity index (χ2v) is 4.59. The van der Waals surface area contributed by atoms with Crippen molar-refractivity contribution in [3.05, 3.63) is 33.8 Å². The van der Waals surface area contributed by atoms with Gasteiger partial charge in [0, 0.05) is 30.7 Å². The molecule has 1 heterocycles. The summed E-state index contributed by atoms with van der Waals surface area (Å²) in [5.41, 5.74) is 9.47. The summed E-state index contributed by atoms with van der Waals surface area (Å²) >= 11 is 6.11. The Labute approximate surface area is 101 Å². The van der Waals surface area contributed by atoms with Gasteiger partial charge in [0.1, 0.15) is 0 Å². The Kier molecular flexibility index (Phi) is 3.50. The number of nitrogens with two attached hydrogens (primary N) is 1. The van der Waals surface area contributed by atoms with Crippen molar-refractivity contribution in [2.45, 2.75) is 19.5 Å². The van der Waals surface area contributed by atoms with E-state index in [1.807, 2.05) is 13.0 Å². The van der Waals surface area contributed by atoms with Gasteiger partial charge in [-0.3, -0.25) is 4.90 Å². The summed E-state index contributed by atoms with van der Waals surface area (Å²) in [5.74, 6) is 0. The van der Waals surface area contributed by atoms with Crippen molar-refractivity contribution in [2.75, 3.05) is 19.7 Å². The number of nitrogens with zero attached hydrogens (tertiary/aromatic N) is 1. The zero-order valence-electron chi connectivity index (χ0n) is 9.41. The summed E-state index contributed by atoms with van der Waals surface area (Å²) < 4.78 is 0. The molecular formula is C12H17ClN2O. The molecule has 1 aliphatic rings. The minimum absolute atomic E-state index is 0.164. The van der Waals surface area contributed by atoms with Gasteiger partial charge in [-0.05, 0) is 29.7 Å². The van der Waals surface area contributed by atoms with E-state index in [2.05, 4.69) is 11.0 Å².